The quantitative estimate of drug-likeness (QED) is 0.177. The summed E-state index contributed by atoms with van der Waals surface area (Å²) in [5.74, 6) is 0. The molecule has 226 valence electrons. The zero-order valence-corrected chi connectivity index (χ0v) is 27.1. The minimum Gasteiger partial charge on any atom is -0.310 e. The van der Waals surface area contributed by atoms with Crippen molar-refractivity contribution in [2.75, 3.05) is 4.90 Å². The first-order valence-electron chi connectivity index (χ1n) is 16.4. The number of anilines is 3. The Bertz CT molecular complexity index is 2550. The maximum absolute atomic E-state index is 2.42. The van der Waals surface area contributed by atoms with Gasteiger partial charge in [0.05, 0.1) is 5.69 Å². The van der Waals surface area contributed by atoms with Crippen LogP contribution in [-0.4, -0.2) is 0 Å². The monoisotopic (exact) mass is 629 g/mol. The van der Waals surface area contributed by atoms with E-state index in [1.165, 1.54) is 64.3 Å². The van der Waals surface area contributed by atoms with Gasteiger partial charge in [0, 0.05) is 37.1 Å². The number of benzene rings is 8. The van der Waals surface area contributed by atoms with E-state index in [9.17, 15) is 0 Å². The first-order chi connectivity index (χ1) is 23.8. The Labute approximate surface area is 284 Å². The normalized spacial score (nSPS) is 11.3. The molecule has 0 saturated carbocycles. The van der Waals surface area contributed by atoms with Crippen molar-refractivity contribution in [3.8, 4) is 33.4 Å². The third kappa shape index (κ3) is 4.95. The highest BCUT2D eigenvalue weighted by molar-refractivity contribution is 7.26. The van der Waals surface area contributed by atoms with E-state index >= 15 is 0 Å². The third-order valence-corrected chi connectivity index (χ3v) is 10.4. The van der Waals surface area contributed by atoms with Crippen LogP contribution < -0.4 is 4.90 Å². The molecule has 0 aliphatic rings. The van der Waals surface area contributed by atoms with E-state index in [1.807, 2.05) is 11.3 Å². The van der Waals surface area contributed by atoms with Gasteiger partial charge in [-0.25, -0.2) is 0 Å². The lowest BCUT2D eigenvalue weighted by Crippen LogP contribution is -2.11. The largest absolute Gasteiger partial charge is 0.310 e. The summed E-state index contributed by atoms with van der Waals surface area (Å²) in [6.07, 6.45) is 0. The van der Waals surface area contributed by atoms with Crippen LogP contribution in [0.1, 0.15) is 0 Å². The molecule has 1 heterocycles. The minimum atomic E-state index is 1.11. The highest BCUT2D eigenvalue weighted by atomic mass is 32.1. The highest BCUT2D eigenvalue weighted by Gasteiger charge is 2.20. The van der Waals surface area contributed by atoms with E-state index in [1.54, 1.807) is 0 Å². The molecular weight excluding hydrogens is 599 g/mol. The fourth-order valence-corrected chi connectivity index (χ4v) is 8.14. The number of nitrogens with zero attached hydrogens (tertiary/aromatic N) is 1. The van der Waals surface area contributed by atoms with Crippen molar-refractivity contribution in [3.63, 3.8) is 0 Å². The molecule has 1 nitrogen and oxygen atoms in total. The van der Waals surface area contributed by atoms with Gasteiger partial charge in [0.2, 0.25) is 0 Å². The van der Waals surface area contributed by atoms with Gasteiger partial charge < -0.3 is 4.90 Å². The first-order valence-corrected chi connectivity index (χ1v) is 17.2. The van der Waals surface area contributed by atoms with E-state index in [-0.39, 0.29) is 0 Å². The lowest BCUT2D eigenvalue weighted by molar-refractivity contribution is 1.28. The van der Waals surface area contributed by atoms with Crippen molar-refractivity contribution in [1.29, 1.82) is 0 Å². The van der Waals surface area contributed by atoms with Crippen LogP contribution in [-0.2, 0) is 0 Å². The third-order valence-electron chi connectivity index (χ3n) is 9.26. The van der Waals surface area contributed by atoms with E-state index in [0.717, 1.165) is 17.1 Å². The van der Waals surface area contributed by atoms with Crippen molar-refractivity contribution in [2.24, 2.45) is 0 Å². The molecule has 0 saturated heterocycles. The average molecular weight is 630 g/mol. The molecule has 0 aliphatic carbocycles. The Morgan fingerprint density at radius 1 is 0.354 bits per heavy atom. The zero-order chi connectivity index (χ0) is 31.9. The molecule has 2 heteroatoms. The zero-order valence-electron chi connectivity index (χ0n) is 26.3. The number of hydrogen-bond donors (Lipinski definition) is 0. The Hall–Kier alpha value is -5.96. The molecule has 0 aliphatic heterocycles. The molecule has 0 spiro atoms. The summed E-state index contributed by atoms with van der Waals surface area (Å²) in [6, 6.07) is 68.1. The van der Waals surface area contributed by atoms with Crippen LogP contribution in [0.2, 0.25) is 0 Å². The van der Waals surface area contributed by atoms with Gasteiger partial charge in [-0.05, 0) is 81.1 Å². The summed E-state index contributed by atoms with van der Waals surface area (Å²) in [4.78, 5) is 2.42. The van der Waals surface area contributed by atoms with Crippen LogP contribution in [0.4, 0.5) is 17.1 Å². The van der Waals surface area contributed by atoms with Crippen molar-refractivity contribution < 1.29 is 0 Å². The van der Waals surface area contributed by atoms with Crippen LogP contribution in [0.15, 0.2) is 188 Å². The van der Waals surface area contributed by atoms with Gasteiger partial charge in [-0.2, -0.15) is 0 Å². The highest BCUT2D eigenvalue weighted by Crippen LogP contribution is 2.47. The molecule has 0 radical (unpaired) electrons. The maximum atomic E-state index is 2.42. The average Bonchev–Trinajstić information content (AvgIpc) is 3.55. The molecule has 0 unspecified atom stereocenters. The minimum absolute atomic E-state index is 1.11. The molecule has 9 rings (SSSR count). The molecule has 48 heavy (non-hydrogen) atoms. The van der Waals surface area contributed by atoms with Crippen molar-refractivity contribution >= 4 is 59.3 Å². The number of para-hydroxylation sites is 1. The van der Waals surface area contributed by atoms with Crippen LogP contribution in [0.25, 0.3) is 64.3 Å². The maximum Gasteiger partial charge on any atom is 0.0540 e. The van der Waals surface area contributed by atoms with Gasteiger partial charge >= 0.3 is 0 Å². The molecule has 1 aromatic heterocycles. The van der Waals surface area contributed by atoms with Crippen LogP contribution >= 0.6 is 11.3 Å². The topological polar surface area (TPSA) is 3.24 Å². The number of fused-ring (bicyclic) bond motifs is 5. The van der Waals surface area contributed by atoms with Gasteiger partial charge in [0.15, 0.2) is 0 Å². The molecule has 0 amide bonds. The first kappa shape index (κ1) is 28.3. The molecule has 0 N–H and O–H groups in total. The van der Waals surface area contributed by atoms with E-state index in [4.69, 9.17) is 0 Å². The van der Waals surface area contributed by atoms with Gasteiger partial charge in [0.25, 0.3) is 0 Å². The van der Waals surface area contributed by atoms with E-state index in [0.29, 0.717) is 0 Å². The van der Waals surface area contributed by atoms with Crippen molar-refractivity contribution in [1.82, 2.24) is 0 Å². The van der Waals surface area contributed by atoms with Crippen LogP contribution in [0.5, 0.6) is 0 Å². The lowest BCUT2D eigenvalue weighted by atomic mass is 9.93. The van der Waals surface area contributed by atoms with Gasteiger partial charge in [-0.15, -0.1) is 11.3 Å². The Morgan fingerprint density at radius 3 is 1.79 bits per heavy atom. The molecule has 0 atom stereocenters. The summed E-state index contributed by atoms with van der Waals surface area (Å²) >= 11 is 1.87. The second-order valence-corrected chi connectivity index (χ2v) is 13.2. The molecule has 0 fully saturated rings. The number of thiophene rings is 1. The summed E-state index contributed by atoms with van der Waals surface area (Å²) in [6.45, 7) is 0. The molecule has 0 bridgehead atoms. The standard InChI is InChI=1S/C46H31NS/c1-3-13-32(14-4-1)34-25-28-37(29-26-34)47(38-19-11-18-36(31-38)33-15-5-2-6-16-33)42-23-9-7-20-39(42)40-22-12-17-35-27-30-44-46(45(35)40)41-21-8-10-24-43(41)48-44/h1-31H. The van der Waals surface area contributed by atoms with Crippen LogP contribution in [0.3, 0.4) is 0 Å². The second kappa shape index (κ2) is 12.0. The number of rotatable bonds is 6. The number of hydrogen-bond acceptors (Lipinski definition) is 2. The Kier molecular flexibility index (Phi) is 7.07. The lowest BCUT2D eigenvalue weighted by Gasteiger charge is -2.29. The van der Waals surface area contributed by atoms with Gasteiger partial charge in [-0.1, -0.05) is 146 Å². The predicted molar refractivity (Wildman–Crippen MR) is 208 cm³/mol. The smallest absolute Gasteiger partial charge is 0.0540 e. The summed E-state index contributed by atoms with van der Waals surface area (Å²) in [5.41, 5.74) is 10.6. The van der Waals surface area contributed by atoms with Gasteiger partial charge in [-0.3, -0.25) is 0 Å². The molecule has 8 aromatic carbocycles. The summed E-state index contributed by atoms with van der Waals surface area (Å²) < 4.78 is 2.64. The predicted octanol–water partition coefficient (Wildman–Crippen LogP) is 13.7. The van der Waals surface area contributed by atoms with E-state index in [2.05, 4.69) is 193 Å². The Balaban J connectivity index is 1.28. The molecule has 9 aromatic rings. The SMILES string of the molecule is c1ccc(-c2ccc(N(c3cccc(-c4ccccc4)c3)c3ccccc3-c3cccc4ccc5sc6ccccc6c5c34)cc2)cc1. The Morgan fingerprint density at radius 2 is 0.979 bits per heavy atom. The second-order valence-electron chi connectivity index (χ2n) is 12.1. The van der Waals surface area contributed by atoms with Crippen molar-refractivity contribution in [2.45, 2.75) is 0 Å². The van der Waals surface area contributed by atoms with Gasteiger partial charge in [0.1, 0.15) is 0 Å². The summed E-state index contributed by atoms with van der Waals surface area (Å²) in [7, 11) is 0. The molecular formula is C46H31NS. The fourth-order valence-electron chi connectivity index (χ4n) is 7.03. The van der Waals surface area contributed by atoms with Crippen molar-refractivity contribution in [3.05, 3.63) is 188 Å². The van der Waals surface area contributed by atoms with Crippen LogP contribution in [0, 0.1) is 0 Å². The fraction of sp³-hybridized carbons (Fsp3) is 0. The van der Waals surface area contributed by atoms with E-state index < -0.39 is 0 Å². The summed E-state index contributed by atoms with van der Waals surface area (Å²) in [5, 5.41) is 5.21.